The molecule has 0 rings (SSSR count). The molecular weight excluding hydrogens is 209 g/mol. The van der Waals surface area contributed by atoms with Gasteiger partial charge in [-0.2, -0.15) is 0 Å². The first kappa shape index (κ1) is 9.78. The van der Waals surface area contributed by atoms with E-state index in [0.29, 0.717) is 0 Å². The maximum atomic E-state index is 9.75. The Bertz CT molecular complexity index is 27.2. The van der Waals surface area contributed by atoms with Crippen molar-refractivity contribution in [3.8, 4) is 0 Å². The van der Waals surface area contributed by atoms with Crippen molar-refractivity contribution in [1.29, 1.82) is 0 Å². The van der Waals surface area contributed by atoms with E-state index in [-0.39, 0.29) is 25.9 Å². The Kier molecular flexibility index (Phi) is 4.44. The third kappa shape index (κ3) is 164. The van der Waals surface area contributed by atoms with Crippen LogP contribution in [0.3, 0.4) is 0 Å². The second-order valence-corrected chi connectivity index (χ2v) is 0.495. The van der Waals surface area contributed by atoms with Gasteiger partial charge in [0.1, 0.15) is 0 Å². The number of rotatable bonds is 0. The molecule has 0 aliphatic rings. The van der Waals surface area contributed by atoms with Gasteiger partial charge in [-0.15, -0.1) is 0 Å². The van der Waals surface area contributed by atoms with Crippen molar-refractivity contribution in [1.82, 2.24) is 0 Å². The summed E-state index contributed by atoms with van der Waals surface area (Å²) < 4.78 is 39.0. The fourth-order valence-electron chi connectivity index (χ4n) is 0. The van der Waals surface area contributed by atoms with Crippen molar-refractivity contribution < 1.29 is 18.7 Å². The fourth-order valence-corrected chi connectivity index (χ4v) is 0. The summed E-state index contributed by atoms with van der Waals surface area (Å²) in [6.07, 6.45) is 0. The van der Waals surface area contributed by atoms with Crippen LogP contribution in [-0.4, -0.2) is 31.7 Å². The first-order valence-corrected chi connectivity index (χ1v) is 0.873. The van der Waals surface area contributed by atoms with Crippen LogP contribution in [0.25, 0.3) is 0 Å². The van der Waals surface area contributed by atoms with Gasteiger partial charge in [-0.25, -0.2) is 0 Å². The molecule has 0 saturated carbocycles. The first-order valence-electron chi connectivity index (χ1n) is 0.873. The molecular formula is H4BF4Sb. The molecule has 0 aromatic heterocycles. The van der Waals surface area contributed by atoms with Crippen LogP contribution in [0.15, 0.2) is 0 Å². The van der Waals surface area contributed by atoms with E-state index in [9.17, 15) is 17.3 Å². The van der Waals surface area contributed by atoms with Gasteiger partial charge in [0, 0.05) is 0 Å². The summed E-state index contributed by atoms with van der Waals surface area (Å²) >= 11 is 0. The third-order valence-corrected chi connectivity index (χ3v) is 0. The van der Waals surface area contributed by atoms with Gasteiger partial charge in [-0.1, -0.05) is 0 Å². The van der Waals surface area contributed by atoms with E-state index in [4.69, 9.17) is 0 Å². The van der Waals surface area contributed by atoms with E-state index in [1.54, 1.807) is 0 Å². The van der Waals surface area contributed by atoms with Gasteiger partial charge in [0.05, 0.1) is 0 Å². The van der Waals surface area contributed by atoms with Crippen LogP contribution in [0, 0.1) is 0 Å². The third-order valence-electron chi connectivity index (χ3n) is 0. The van der Waals surface area contributed by atoms with Gasteiger partial charge in [0.15, 0.2) is 0 Å². The summed E-state index contributed by atoms with van der Waals surface area (Å²) in [4.78, 5) is 0. The molecule has 6 heteroatoms. The Balaban J connectivity index is -0.0000000800. The summed E-state index contributed by atoms with van der Waals surface area (Å²) in [7, 11) is -6.00. The van der Waals surface area contributed by atoms with E-state index in [1.807, 2.05) is 0 Å². The Hall–Kier alpha value is 0.603. The van der Waals surface area contributed by atoms with Gasteiger partial charge in [-0.3, -0.25) is 0 Å². The van der Waals surface area contributed by atoms with Gasteiger partial charge in [0.25, 0.3) is 0 Å². The van der Waals surface area contributed by atoms with E-state index in [0.717, 1.165) is 0 Å². The van der Waals surface area contributed by atoms with Crippen LogP contribution >= 0.6 is 0 Å². The second kappa shape index (κ2) is 2.72. The normalized spacial score (nSPS) is 10.0. The molecule has 0 aliphatic heterocycles. The van der Waals surface area contributed by atoms with E-state index in [2.05, 4.69) is 0 Å². The van der Waals surface area contributed by atoms with Crippen LogP contribution in [0.4, 0.5) is 17.3 Å². The summed E-state index contributed by atoms with van der Waals surface area (Å²) in [5, 5.41) is 0. The van der Waals surface area contributed by atoms with Crippen LogP contribution in [0.5, 0.6) is 0 Å². The predicted molar refractivity (Wildman–Crippen MR) is 21.2 cm³/mol. The minimum atomic E-state index is -6.00. The fraction of sp³-hybridized carbons (Fsp3) is 0. The molecule has 0 atom stereocenters. The predicted octanol–water partition coefficient (Wildman–Crippen LogP) is 0.229. The summed E-state index contributed by atoms with van der Waals surface area (Å²) in [5.41, 5.74) is 0. The molecule has 0 N–H and O–H groups in total. The van der Waals surface area contributed by atoms with Crippen LogP contribution in [0.2, 0.25) is 0 Å². The SMILES string of the molecule is F[B-](F)(F)F.[H+].[SbH3]. The molecule has 0 aromatic carbocycles. The number of hydrogen-bond donors (Lipinski definition) is 0. The topological polar surface area (TPSA) is 0 Å². The van der Waals surface area contributed by atoms with Gasteiger partial charge in [-0.05, 0) is 0 Å². The Labute approximate surface area is 50.9 Å². The van der Waals surface area contributed by atoms with Crippen molar-refractivity contribution >= 4 is 31.7 Å². The second-order valence-electron chi connectivity index (χ2n) is 0.495. The zero-order valence-corrected chi connectivity index (χ0v) is 6.83. The molecule has 0 unspecified atom stereocenters. The van der Waals surface area contributed by atoms with Crippen molar-refractivity contribution in [3.63, 3.8) is 0 Å². The quantitative estimate of drug-likeness (QED) is 0.398. The molecule has 0 bridgehead atoms. The van der Waals surface area contributed by atoms with Gasteiger partial charge in [0.2, 0.25) is 0 Å². The summed E-state index contributed by atoms with van der Waals surface area (Å²) in [6.45, 7) is 0. The average molecular weight is 213 g/mol. The Morgan fingerprint density at radius 1 is 1.00 bits per heavy atom. The summed E-state index contributed by atoms with van der Waals surface area (Å²) in [6, 6.07) is 0. The van der Waals surface area contributed by atoms with Crippen LogP contribution in [0.1, 0.15) is 1.43 Å². The van der Waals surface area contributed by atoms with E-state index in [1.165, 1.54) is 0 Å². The molecule has 0 saturated heterocycles. The molecule has 0 radical (unpaired) electrons. The molecule has 0 nitrogen and oxygen atoms in total. The maximum absolute atomic E-state index is 9.75. The van der Waals surface area contributed by atoms with Crippen molar-refractivity contribution in [3.05, 3.63) is 0 Å². The zero-order chi connectivity index (χ0) is 4.50. The monoisotopic (exact) mass is 212 g/mol. The summed E-state index contributed by atoms with van der Waals surface area (Å²) in [5.74, 6) is 0. The molecule has 0 aromatic rings. The van der Waals surface area contributed by atoms with Crippen LogP contribution < -0.4 is 0 Å². The van der Waals surface area contributed by atoms with E-state index >= 15 is 0 Å². The Morgan fingerprint density at radius 2 is 1.00 bits per heavy atom. The van der Waals surface area contributed by atoms with Crippen molar-refractivity contribution in [2.75, 3.05) is 0 Å². The average Bonchev–Trinajstić information content (AvgIpc) is 0.722. The molecule has 6 heavy (non-hydrogen) atoms. The van der Waals surface area contributed by atoms with E-state index < -0.39 is 7.25 Å². The number of halogens is 4. The first-order chi connectivity index (χ1) is 2.00. The van der Waals surface area contributed by atoms with Crippen molar-refractivity contribution in [2.45, 2.75) is 0 Å². The molecule has 0 heterocycles. The molecule has 0 spiro atoms. The minimum absolute atomic E-state index is 0. The van der Waals surface area contributed by atoms with Gasteiger partial charge < -0.3 is 17.3 Å². The van der Waals surface area contributed by atoms with Crippen molar-refractivity contribution in [2.24, 2.45) is 0 Å². The van der Waals surface area contributed by atoms with Gasteiger partial charge >= 0.3 is 33.1 Å². The molecule has 0 fully saturated rings. The standard InChI is InChI=1S/BF4.Sb.3H/c2-1(3,4)5;;;;/q-1;;;;/p+1. The molecule has 0 amide bonds. The van der Waals surface area contributed by atoms with Crippen LogP contribution in [-0.2, 0) is 0 Å². The molecule has 0 aliphatic carbocycles. The molecule has 40 valence electrons. The zero-order valence-electron chi connectivity index (χ0n) is 3.80. The number of hydrogen-bond acceptors (Lipinski definition) is 0. The Morgan fingerprint density at radius 3 is 1.00 bits per heavy atom.